The number of benzene rings is 2. The van der Waals surface area contributed by atoms with E-state index in [0.29, 0.717) is 34.1 Å². The molecule has 7 heteroatoms. The summed E-state index contributed by atoms with van der Waals surface area (Å²) in [5, 5.41) is 3.35. The van der Waals surface area contributed by atoms with Crippen LogP contribution < -0.4 is 5.32 Å². The SMILES string of the molecule is O=C(Cc1ccc(Cl)cc1Cl)Nc1cccc(S(=O)(=O)C2CCCC2)c1. The molecule has 1 saturated carbocycles. The van der Waals surface area contributed by atoms with E-state index >= 15 is 0 Å². The first-order valence-electron chi connectivity index (χ1n) is 8.44. The molecule has 0 aromatic heterocycles. The highest BCUT2D eigenvalue weighted by molar-refractivity contribution is 7.92. The van der Waals surface area contributed by atoms with Gasteiger partial charge in [0.2, 0.25) is 5.91 Å². The Labute approximate surface area is 163 Å². The van der Waals surface area contributed by atoms with Gasteiger partial charge < -0.3 is 5.32 Å². The van der Waals surface area contributed by atoms with E-state index in [0.717, 1.165) is 12.8 Å². The van der Waals surface area contributed by atoms with Crippen LogP contribution in [0.2, 0.25) is 10.0 Å². The average molecular weight is 412 g/mol. The predicted octanol–water partition coefficient (Wildman–Crippen LogP) is 4.89. The Bertz CT molecular complexity index is 922. The fourth-order valence-corrected chi connectivity index (χ4v) is 5.56. The topological polar surface area (TPSA) is 63.2 Å². The molecule has 1 aliphatic rings. The number of rotatable bonds is 5. The number of carbonyl (C=O) groups is 1. The van der Waals surface area contributed by atoms with Gasteiger partial charge in [0.15, 0.2) is 9.84 Å². The molecule has 2 aromatic rings. The highest BCUT2D eigenvalue weighted by Gasteiger charge is 2.30. The van der Waals surface area contributed by atoms with Crippen molar-refractivity contribution in [1.82, 2.24) is 0 Å². The van der Waals surface area contributed by atoms with Crippen molar-refractivity contribution in [3.05, 3.63) is 58.1 Å². The summed E-state index contributed by atoms with van der Waals surface area (Å²) in [6.07, 6.45) is 3.38. The van der Waals surface area contributed by atoms with Crippen molar-refractivity contribution in [1.29, 1.82) is 0 Å². The molecule has 1 aliphatic carbocycles. The largest absolute Gasteiger partial charge is 0.326 e. The van der Waals surface area contributed by atoms with E-state index in [9.17, 15) is 13.2 Å². The van der Waals surface area contributed by atoms with Gasteiger partial charge in [-0.15, -0.1) is 0 Å². The molecule has 0 saturated heterocycles. The number of halogens is 2. The van der Waals surface area contributed by atoms with E-state index < -0.39 is 9.84 Å². The molecule has 0 aliphatic heterocycles. The molecule has 0 radical (unpaired) electrons. The van der Waals surface area contributed by atoms with Crippen LogP contribution in [0.1, 0.15) is 31.2 Å². The number of amides is 1. The van der Waals surface area contributed by atoms with Gasteiger partial charge in [0.1, 0.15) is 0 Å². The number of sulfone groups is 1. The molecule has 1 fully saturated rings. The second kappa shape index (κ2) is 7.99. The summed E-state index contributed by atoms with van der Waals surface area (Å²) in [5.41, 5.74) is 1.11. The standard InChI is InChI=1S/C19H19Cl2NO3S/c20-14-9-8-13(18(21)11-14)10-19(23)22-15-4-3-7-17(12-15)26(24,25)16-5-1-2-6-16/h3-4,7-9,11-12,16H,1-2,5-6,10H2,(H,22,23). The molecule has 4 nitrogen and oxygen atoms in total. The van der Waals surface area contributed by atoms with E-state index in [1.54, 1.807) is 36.4 Å². The number of carbonyl (C=O) groups excluding carboxylic acids is 1. The lowest BCUT2D eigenvalue weighted by Crippen LogP contribution is -2.19. The van der Waals surface area contributed by atoms with Crippen molar-refractivity contribution in [3.8, 4) is 0 Å². The Hall–Kier alpha value is -1.56. The van der Waals surface area contributed by atoms with Gasteiger partial charge in [0.25, 0.3) is 0 Å². The van der Waals surface area contributed by atoms with E-state index in [2.05, 4.69) is 5.32 Å². The van der Waals surface area contributed by atoms with E-state index in [1.807, 2.05) is 0 Å². The van der Waals surface area contributed by atoms with E-state index in [1.165, 1.54) is 6.07 Å². The maximum atomic E-state index is 12.7. The van der Waals surface area contributed by atoms with Gasteiger partial charge in [-0.1, -0.05) is 48.2 Å². The lowest BCUT2D eigenvalue weighted by atomic mass is 10.1. The smallest absolute Gasteiger partial charge is 0.228 e. The quantitative estimate of drug-likeness (QED) is 0.761. The lowest BCUT2D eigenvalue weighted by Gasteiger charge is -2.13. The minimum Gasteiger partial charge on any atom is -0.326 e. The maximum Gasteiger partial charge on any atom is 0.228 e. The summed E-state index contributed by atoms with van der Waals surface area (Å²) < 4.78 is 25.4. The minimum atomic E-state index is -3.35. The number of nitrogens with one attached hydrogen (secondary N) is 1. The van der Waals surface area contributed by atoms with Crippen LogP contribution in [0.25, 0.3) is 0 Å². The summed E-state index contributed by atoms with van der Waals surface area (Å²) in [6.45, 7) is 0. The first kappa shape index (κ1) is 19.2. The molecule has 0 unspecified atom stereocenters. The molecule has 1 N–H and O–H groups in total. The van der Waals surface area contributed by atoms with Crippen LogP contribution >= 0.6 is 23.2 Å². The second-order valence-corrected chi connectivity index (χ2v) is 9.51. The van der Waals surface area contributed by atoms with Gasteiger partial charge in [-0.2, -0.15) is 0 Å². The van der Waals surface area contributed by atoms with Crippen molar-refractivity contribution in [2.75, 3.05) is 5.32 Å². The minimum absolute atomic E-state index is 0.0790. The summed E-state index contributed by atoms with van der Waals surface area (Å²) in [7, 11) is -3.35. The Morgan fingerprint density at radius 3 is 2.50 bits per heavy atom. The number of hydrogen-bond donors (Lipinski definition) is 1. The molecule has 2 aromatic carbocycles. The summed E-state index contributed by atoms with van der Waals surface area (Å²) in [5.74, 6) is -0.273. The van der Waals surface area contributed by atoms with E-state index in [4.69, 9.17) is 23.2 Å². The van der Waals surface area contributed by atoms with E-state index in [-0.39, 0.29) is 22.5 Å². The maximum absolute atomic E-state index is 12.7. The van der Waals surface area contributed by atoms with Crippen molar-refractivity contribution in [2.45, 2.75) is 42.2 Å². The highest BCUT2D eigenvalue weighted by atomic mass is 35.5. The average Bonchev–Trinajstić information content (AvgIpc) is 3.13. The summed E-state index contributed by atoms with van der Waals surface area (Å²) in [6, 6.07) is 11.4. The van der Waals surface area contributed by atoms with Crippen LogP contribution in [0.3, 0.4) is 0 Å². The highest BCUT2D eigenvalue weighted by Crippen LogP contribution is 2.30. The number of anilines is 1. The Morgan fingerprint density at radius 1 is 1.08 bits per heavy atom. The Balaban J connectivity index is 1.73. The zero-order chi connectivity index (χ0) is 18.7. The Kier molecular flexibility index (Phi) is 5.90. The van der Waals surface area contributed by atoms with Gasteiger partial charge >= 0.3 is 0 Å². The van der Waals surface area contributed by atoms with Crippen molar-refractivity contribution in [3.63, 3.8) is 0 Å². The molecule has 0 bridgehead atoms. The monoisotopic (exact) mass is 411 g/mol. The van der Waals surface area contributed by atoms with Crippen LogP contribution in [0.15, 0.2) is 47.4 Å². The van der Waals surface area contributed by atoms with Crippen molar-refractivity contribution < 1.29 is 13.2 Å². The lowest BCUT2D eigenvalue weighted by molar-refractivity contribution is -0.115. The van der Waals surface area contributed by atoms with Crippen LogP contribution in [0.4, 0.5) is 5.69 Å². The third-order valence-electron chi connectivity index (χ3n) is 4.55. The van der Waals surface area contributed by atoms with Gasteiger partial charge in [-0.05, 0) is 48.7 Å². The molecule has 0 spiro atoms. The van der Waals surface area contributed by atoms with Gasteiger partial charge in [-0.25, -0.2) is 8.42 Å². The van der Waals surface area contributed by atoms with Crippen LogP contribution in [-0.4, -0.2) is 19.6 Å². The zero-order valence-corrected chi connectivity index (χ0v) is 16.4. The summed E-state index contributed by atoms with van der Waals surface area (Å²) >= 11 is 11.9. The normalized spacial score (nSPS) is 15.2. The van der Waals surface area contributed by atoms with Gasteiger partial charge in [-0.3, -0.25) is 4.79 Å². The van der Waals surface area contributed by atoms with Crippen LogP contribution in [0.5, 0.6) is 0 Å². The molecule has 0 atom stereocenters. The fraction of sp³-hybridized carbons (Fsp3) is 0.316. The number of hydrogen-bond acceptors (Lipinski definition) is 3. The molecule has 1 amide bonds. The molecule has 0 heterocycles. The third-order valence-corrected chi connectivity index (χ3v) is 7.40. The first-order valence-corrected chi connectivity index (χ1v) is 10.7. The van der Waals surface area contributed by atoms with Crippen molar-refractivity contribution in [2.24, 2.45) is 0 Å². The third kappa shape index (κ3) is 4.40. The molecule has 26 heavy (non-hydrogen) atoms. The molecule has 3 rings (SSSR count). The van der Waals surface area contributed by atoms with Gasteiger partial charge in [0.05, 0.1) is 16.6 Å². The molecular formula is C19H19Cl2NO3S. The molecule has 138 valence electrons. The molecular weight excluding hydrogens is 393 g/mol. The second-order valence-electron chi connectivity index (χ2n) is 6.44. The fourth-order valence-electron chi connectivity index (χ4n) is 3.19. The summed E-state index contributed by atoms with van der Waals surface area (Å²) in [4.78, 5) is 12.5. The Morgan fingerprint density at radius 2 is 1.81 bits per heavy atom. The van der Waals surface area contributed by atoms with Crippen LogP contribution in [-0.2, 0) is 21.1 Å². The zero-order valence-electron chi connectivity index (χ0n) is 14.0. The van der Waals surface area contributed by atoms with Crippen LogP contribution in [0, 0.1) is 0 Å². The van der Waals surface area contributed by atoms with Gasteiger partial charge in [0, 0.05) is 15.7 Å². The predicted molar refractivity (Wildman–Crippen MR) is 105 cm³/mol. The first-order chi connectivity index (χ1) is 12.4. The van der Waals surface area contributed by atoms with Crippen molar-refractivity contribution >= 4 is 44.6 Å².